The summed E-state index contributed by atoms with van der Waals surface area (Å²) < 4.78 is 12.9. The minimum absolute atomic E-state index is 0.0153. The summed E-state index contributed by atoms with van der Waals surface area (Å²) >= 11 is 1.25. The largest absolute Gasteiger partial charge is 0.342 e. The Morgan fingerprint density at radius 2 is 1.64 bits per heavy atom. The molecule has 5 nitrogen and oxygen atoms in total. The third kappa shape index (κ3) is 7.70. The highest BCUT2D eigenvalue weighted by Crippen LogP contribution is 2.23. The number of benzene rings is 2. The molecule has 7 heteroatoms. The van der Waals surface area contributed by atoms with Crippen molar-refractivity contribution < 1.29 is 18.8 Å². The molecule has 1 aliphatic rings. The van der Waals surface area contributed by atoms with Crippen LogP contribution in [0.5, 0.6) is 0 Å². The maximum absolute atomic E-state index is 12.9. The molecule has 0 atom stereocenters. The van der Waals surface area contributed by atoms with Crippen molar-refractivity contribution in [1.29, 1.82) is 0 Å². The molecule has 0 radical (unpaired) electrons. The van der Waals surface area contributed by atoms with Crippen LogP contribution in [0.25, 0.3) is 0 Å². The van der Waals surface area contributed by atoms with Gasteiger partial charge in [0.25, 0.3) is 0 Å². The van der Waals surface area contributed by atoms with E-state index in [1.54, 1.807) is 4.90 Å². The van der Waals surface area contributed by atoms with Crippen LogP contribution in [0, 0.1) is 17.7 Å². The lowest BCUT2D eigenvalue weighted by molar-refractivity contribution is -0.129. The highest BCUT2D eigenvalue weighted by molar-refractivity contribution is 8.00. The van der Waals surface area contributed by atoms with Crippen LogP contribution in [0.1, 0.15) is 42.6 Å². The van der Waals surface area contributed by atoms with Gasteiger partial charge in [0.05, 0.1) is 11.5 Å². The van der Waals surface area contributed by atoms with Crippen molar-refractivity contribution in [3.63, 3.8) is 0 Å². The normalized spacial score (nSPS) is 14.4. The fourth-order valence-corrected chi connectivity index (χ4v) is 4.67. The first-order valence-electron chi connectivity index (χ1n) is 11.4. The first kappa shape index (κ1) is 25.0. The number of likely N-dealkylation sites (tertiary alicyclic amines) is 1. The number of nitrogens with zero attached hydrogens (tertiary/aromatic N) is 1. The van der Waals surface area contributed by atoms with Gasteiger partial charge in [-0.2, -0.15) is 0 Å². The van der Waals surface area contributed by atoms with Gasteiger partial charge in [0, 0.05) is 30.3 Å². The van der Waals surface area contributed by atoms with Gasteiger partial charge in [-0.15, -0.1) is 11.8 Å². The van der Waals surface area contributed by atoms with Crippen molar-refractivity contribution in [3.8, 4) is 0 Å². The van der Waals surface area contributed by atoms with Crippen molar-refractivity contribution >= 4 is 35.0 Å². The van der Waals surface area contributed by atoms with E-state index in [2.05, 4.69) is 19.2 Å². The van der Waals surface area contributed by atoms with Crippen LogP contribution >= 0.6 is 11.8 Å². The first-order valence-corrected chi connectivity index (χ1v) is 12.5. The number of ketones is 1. The minimum atomic E-state index is -0.363. The lowest BCUT2D eigenvalue weighted by Crippen LogP contribution is -2.41. The van der Waals surface area contributed by atoms with Crippen LogP contribution in [0.3, 0.4) is 0 Å². The molecular formula is C26H31FN2O3S. The number of carbonyl (C=O) groups excluding carboxylic acids is 3. The molecule has 0 aromatic heterocycles. The zero-order valence-corrected chi connectivity index (χ0v) is 20.0. The number of Topliss-reactive ketones (excluding diaryl/α,β-unsaturated/α-hetero) is 1. The molecule has 1 fully saturated rings. The Kier molecular flexibility index (Phi) is 9.06. The Morgan fingerprint density at radius 1 is 1.00 bits per heavy atom. The summed E-state index contributed by atoms with van der Waals surface area (Å²) in [6.07, 6.45) is 2.32. The first-order chi connectivity index (χ1) is 15.8. The molecule has 1 heterocycles. The molecule has 2 amide bonds. The monoisotopic (exact) mass is 470 g/mol. The van der Waals surface area contributed by atoms with Gasteiger partial charge in [-0.05, 0) is 55.0 Å². The number of hydrogen-bond donors (Lipinski definition) is 1. The Balaban J connectivity index is 1.38. The second-order valence-corrected chi connectivity index (χ2v) is 9.85. The molecule has 0 saturated carbocycles. The number of hydrogen-bond acceptors (Lipinski definition) is 4. The van der Waals surface area contributed by atoms with Crippen molar-refractivity contribution in [2.24, 2.45) is 11.8 Å². The van der Waals surface area contributed by atoms with Crippen molar-refractivity contribution in [3.05, 3.63) is 65.5 Å². The molecule has 2 aromatic carbocycles. The number of anilines is 1. The van der Waals surface area contributed by atoms with E-state index < -0.39 is 0 Å². The number of nitrogens with one attached hydrogen (secondary N) is 1. The van der Waals surface area contributed by atoms with Gasteiger partial charge in [0.15, 0.2) is 5.78 Å². The molecular weight excluding hydrogens is 439 g/mol. The lowest BCUT2D eigenvalue weighted by Gasteiger charge is -2.31. The molecule has 0 aliphatic carbocycles. The number of rotatable bonds is 9. The second-order valence-electron chi connectivity index (χ2n) is 8.86. The summed E-state index contributed by atoms with van der Waals surface area (Å²) in [6.45, 7) is 5.47. The van der Waals surface area contributed by atoms with E-state index in [9.17, 15) is 18.8 Å². The van der Waals surface area contributed by atoms with Crippen LogP contribution in [0.15, 0.2) is 48.5 Å². The number of halogens is 1. The number of piperidine rings is 1. The van der Waals surface area contributed by atoms with Crippen molar-refractivity contribution in [2.75, 3.05) is 29.9 Å². The molecule has 0 spiro atoms. The zero-order chi connectivity index (χ0) is 23.8. The predicted molar refractivity (Wildman–Crippen MR) is 131 cm³/mol. The third-order valence-electron chi connectivity index (χ3n) is 5.69. The highest BCUT2D eigenvalue weighted by atomic mass is 32.2. The second kappa shape index (κ2) is 12.0. The smallest absolute Gasteiger partial charge is 0.234 e. The topological polar surface area (TPSA) is 66.5 Å². The Labute approximate surface area is 199 Å². The number of thioether (sulfide) groups is 1. The van der Waals surface area contributed by atoms with E-state index in [-0.39, 0.29) is 40.8 Å². The molecule has 1 saturated heterocycles. The summed E-state index contributed by atoms with van der Waals surface area (Å²) in [5.41, 5.74) is 2.51. The van der Waals surface area contributed by atoms with Gasteiger partial charge in [0.2, 0.25) is 11.8 Å². The van der Waals surface area contributed by atoms with E-state index in [0.29, 0.717) is 37.5 Å². The quantitative estimate of drug-likeness (QED) is 0.534. The van der Waals surface area contributed by atoms with Crippen LogP contribution in [0.4, 0.5) is 10.1 Å². The number of carbonyl (C=O) groups is 3. The Bertz CT molecular complexity index is 953. The maximum Gasteiger partial charge on any atom is 0.234 e. The molecule has 33 heavy (non-hydrogen) atoms. The lowest BCUT2D eigenvalue weighted by atomic mass is 9.88. The van der Waals surface area contributed by atoms with Crippen LogP contribution in [0.2, 0.25) is 0 Å². The summed E-state index contributed by atoms with van der Waals surface area (Å²) in [6, 6.07) is 13.5. The molecule has 3 rings (SSSR count). The Hall–Kier alpha value is -2.67. The van der Waals surface area contributed by atoms with Crippen molar-refractivity contribution in [1.82, 2.24) is 4.90 Å². The van der Waals surface area contributed by atoms with E-state index in [4.69, 9.17) is 0 Å². The van der Waals surface area contributed by atoms with Gasteiger partial charge in [0.1, 0.15) is 5.82 Å². The van der Waals surface area contributed by atoms with Gasteiger partial charge in [-0.25, -0.2) is 4.39 Å². The zero-order valence-electron chi connectivity index (χ0n) is 19.2. The molecule has 2 aromatic rings. The third-order valence-corrected chi connectivity index (χ3v) is 6.60. The van der Waals surface area contributed by atoms with Crippen molar-refractivity contribution in [2.45, 2.75) is 33.1 Å². The molecule has 1 aliphatic heterocycles. The standard InChI is InChI=1S/C26H31FN2O3S/c1-18(2)15-19-3-5-20(6-4-19)26(32)21-11-13-29(14-12-21)25(31)17-33-16-24(30)28-23-9-7-22(27)8-10-23/h3-10,18,21H,11-17H2,1-2H3,(H,28,30). The minimum Gasteiger partial charge on any atom is -0.342 e. The van der Waals surface area contributed by atoms with Gasteiger partial charge < -0.3 is 10.2 Å². The Morgan fingerprint density at radius 3 is 2.24 bits per heavy atom. The molecule has 176 valence electrons. The van der Waals surface area contributed by atoms with E-state index >= 15 is 0 Å². The summed E-state index contributed by atoms with van der Waals surface area (Å²) in [4.78, 5) is 39.1. The summed E-state index contributed by atoms with van der Waals surface area (Å²) in [7, 11) is 0. The van der Waals surface area contributed by atoms with E-state index in [1.807, 2.05) is 24.3 Å². The SMILES string of the molecule is CC(C)Cc1ccc(C(=O)C2CCN(C(=O)CSCC(=O)Nc3ccc(F)cc3)CC2)cc1. The summed E-state index contributed by atoms with van der Waals surface area (Å²) in [5.74, 6) is 0.428. The molecule has 0 bridgehead atoms. The maximum atomic E-state index is 12.9. The van der Waals surface area contributed by atoms with Gasteiger partial charge in [-0.3, -0.25) is 14.4 Å². The molecule has 1 N–H and O–H groups in total. The summed E-state index contributed by atoms with van der Waals surface area (Å²) in [5, 5.41) is 2.68. The fourth-order valence-electron chi connectivity index (χ4n) is 3.96. The predicted octanol–water partition coefficient (Wildman–Crippen LogP) is 4.82. The van der Waals surface area contributed by atoms with Gasteiger partial charge >= 0.3 is 0 Å². The van der Waals surface area contributed by atoms with Crippen LogP contribution in [-0.2, 0) is 16.0 Å². The van der Waals surface area contributed by atoms with E-state index in [0.717, 1.165) is 12.0 Å². The average Bonchev–Trinajstić information content (AvgIpc) is 2.80. The van der Waals surface area contributed by atoms with Crippen LogP contribution in [-0.4, -0.2) is 47.1 Å². The fraction of sp³-hybridized carbons (Fsp3) is 0.423. The number of amides is 2. The highest BCUT2D eigenvalue weighted by Gasteiger charge is 2.28. The van der Waals surface area contributed by atoms with E-state index in [1.165, 1.54) is 41.6 Å². The average molecular weight is 471 g/mol. The molecule has 0 unspecified atom stereocenters. The van der Waals surface area contributed by atoms with Crippen LogP contribution < -0.4 is 5.32 Å². The van der Waals surface area contributed by atoms with Gasteiger partial charge in [-0.1, -0.05) is 38.1 Å².